The van der Waals surface area contributed by atoms with Gasteiger partial charge in [0.2, 0.25) is 5.91 Å². The van der Waals surface area contributed by atoms with Gasteiger partial charge in [-0.3, -0.25) is 4.79 Å². The number of carbonyl (C=O) groups is 1. The molecule has 14 heteroatoms. The highest BCUT2D eigenvalue weighted by Gasteiger charge is 2.51. The quantitative estimate of drug-likeness (QED) is 0.0204. The summed E-state index contributed by atoms with van der Waals surface area (Å²) >= 11 is 0. The molecule has 2 fully saturated rings. The Balaban J connectivity index is 1.72. The lowest BCUT2D eigenvalue weighted by Crippen LogP contribution is -2.65. The van der Waals surface area contributed by atoms with Crippen LogP contribution in [0.25, 0.3) is 0 Å². The minimum Gasteiger partial charge on any atom is -0.394 e. The molecule has 2 saturated heterocycles. The summed E-state index contributed by atoms with van der Waals surface area (Å²) in [7, 11) is 0. The number of aliphatic hydroxyl groups is 8. The van der Waals surface area contributed by atoms with Crippen LogP contribution in [0.2, 0.25) is 0 Å². The van der Waals surface area contributed by atoms with E-state index in [0.29, 0.717) is 12.8 Å². The van der Waals surface area contributed by atoms with E-state index in [2.05, 4.69) is 92.1 Å². The molecule has 82 heavy (non-hydrogen) atoms. The van der Waals surface area contributed by atoms with Crippen molar-refractivity contribution in [2.75, 3.05) is 19.8 Å². The smallest absolute Gasteiger partial charge is 0.220 e. The molecule has 0 radical (unpaired) electrons. The number of hydrogen-bond acceptors (Lipinski definition) is 13. The summed E-state index contributed by atoms with van der Waals surface area (Å²) in [6.07, 6.45) is 53.4. The van der Waals surface area contributed by atoms with E-state index >= 15 is 0 Å². The van der Waals surface area contributed by atoms with Crippen LogP contribution in [0.5, 0.6) is 0 Å². The molecule has 0 aromatic carbocycles. The number of amides is 1. The van der Waals surface area contributed by atoms with Gasteiger partial charge in [0.15, 0.2) is 12.6 Å². The Bertz CT molecular complexity index is 1650. The highest BCUT2D eigenvalue weighted by atomic mass is 16.7. The molecule has 0 aromatic rings. The number of carbonyl (C=O) groups excluding carboxylic acids is 1. The Hall–Kier alpha value is -2.57. The second-order valence-corrected chi connectivity index (χ2v) is 23.2. The lowest BCUT2D eigenvalue weighted by Gasteiger charge is -2.46. The summed E-state index contributed by atoms with van der Waals surface area (Å²) in [6, 6.07) is -0.858. The van der Waals surface area contributed by atoms with Crippen LogP contribution in [0.15, 0.2) is 72.9 Å². The number of unbranched alkanes of at least 4 members (excludes halogenated alkanes) is 28. The van der Waals surface area contributed by atoms with Crippen LogP contribution in [-0.4, -0.2) is 140 Å². The van der Waals surface area contributed by atoms with Gasteiger partial charge in [-0.1, -0.05) is 260 Å². The average Bonchev–Trinajstić information content (AvgIpc) is 3.66. The van der Waals surface area contributed by atoms with Crippen molar-refractivity contribution >= 4 is 5.91 Å². The summed E-state index contributed by atoms with van der Waals surface area (Å²) in [4.78, 5) is 13.3. The molecule has 0 aromatic heterocycles. The van der Waals surface area contributed by atoms with Crippen molar-refractivity contribution < 1.29 is 64.6 Å². The van der Waals surface area contributed by atoms with Crippen LogP contribution >= 0.6 is 0 Å². The van der Waals surface area contributed by atoms with Crippen molar-refractivity contribution in [1.82, 2.24) is 5.32 Å². The number of nitrogens with one attached hydrogen (secondary N) is 1. The molecule has 0 saturated carbocycles. The minimum absolute atomic E-state index is 0.246. The fraction of sp³-hybridized carbons (Fsp3) is 0.809. The third-order valence-corrected chi connectivity index (χ3v) is 15.9. The molecule has 12 unspecified atom stereocenters. The maximum atomic E-state index is 13.3. The van der Waals surface area contributed by atoms with Crippen LogP contribution in [0.3, 0.4) is 0 Å². The van der Waals surface area contributed by atoms with Crippen LogP contribution in [0.1, 0.15) is 258 Å². The second kappa shape index (κ2) is 52.7. The summed E-state index contributed by atoms with van der Waals surface area (Å²) in [5.41, 5.74) is 0. The first-order valence-corrected chi connectivity index (χ1v) is 33.2. The normalized spacial score (nSPS) is 24.4. The van der Waals surface area contributed by atoms with E-state index < -0.39 is 86.8 Å². The third kappa shape index (κ3) is 37.1. The van der Waals surface area contributed by atoms with Gasteiger partial charge in [0, 0.05) is 6.42 Å². The summed E-state index contributed by atoms with van der Waals surface area (Å²) in [6.45, 7) is 2.74. The van der Waals surface area contributed by atoms with Crippen molar-refractivity contribution in [3.05, 3.63) is 72.9 Å². The first-order chi connectivity index (χ1) is 40.1. The topological polar surface area (TPSA) is 228 Å². The number of ether oxygens (including phenoxy) is 4. The molecule has 2 aliphatic heterocycles. The summed E-state index contributed by atoms with van der Waals surface area (Å²) < 4.78 is 22.9. The zero-order valence-electron chi connectivity index (χ0n) is 51.5. The van der Waals surface area contributed by atoms with Gasteiger partial charge in [-0.05, 0) is 64.2 Å². The van der Waals surface area contributed by atoms with Crippen LogP contribution in [-0.2, 0) is 23.7 Å². The molecule has 2 rings (SSSR count). The predicted molar refractivity (Wildman–Crippen MR) is 332 cm³/mol. The number of aliphatic hydroxyl groups excluding tert-OH is 8. The Morgan fingerprint density at radius 3 is 1.27 bits per heavy atom. The van der Waals surface area contributed by atoms with E-state index in [0.717, 1.165) is 77.0 Å². The van der Waals surface area contributed by atoms with E-state index in [1.807, 2.05) is 0 Å². The van der Waals surface area contributed by atoms with Gasteiger partial charge in [0.25, 0.3) is 0 Å². The van der Waals surface area contributed by atoms with E-state index in [1.54, 1.807) is 0 Å². The highest BCUT2D eigenvalue weighted by Crippen LogP contribution is 2.30. The Morgan fingerprint density at radius 2 is 0.841 bits per heavy atom. The van der Waals surface area contributed by atoms with E-state index in [4.69, 9.17) is 18.9 Å². The standard InChI is InChI=1S/C68H121NO13/c1-3-5-7-9-11-13-15-17-19-21-23-25-26-27-28-29-30-32-33-35-37-39-41-43-45-47-49-51-57(72)56(55-79-67-65(78)63(76)66(59(54-71)81-67)82-68-64(77)62(75)61(74)58(53-70)80-68)69-60(73)52-50-48-46-44-42-40-38-36-34-31-24-22-20-18-16-14-12-10-8-6-4-2/h6,8,12,14,18,20,24,31,36,38,42,44,56-59,61-68,70-72,74-78H,3-5,7,9-11,13,15-17,19,21-23,25-30,32-35,37,39-41,43,45-55H2,1-2H3,(H,69,73)/b8-6-,14-12-,20-18-,31-24-,38-36-,44-42-. The molecule has 9 N–H and O–H groups in total. The van der Waals surface area contributed by atoms with Crippen LogP contribution < -0.4 is 5.32 Å². The van der Waals surface area contributed by atoms with Crippen molar-refractivity contribution in [2.24, 2.45) is 0 Å². The minimum atomic E-state index is -1.79. The molecule has 0 spiro atoms. The average molecular weight is 1160 g/mol. The van der Waals surface area contributed by atoms with Crippen molar-refractivity contribution in [3.63, 3.8) is 0 Å². The number of hydrogen-bond donors (Lipinski definition) is 9. The predicted octanol–water partition coefficient (Wildman–Crippen LogP) is 12.7. The van der Waals surface area contributed by atoms with Gasteiger partial charge in [-0.15, -0.1) is 0 Å². The Kier molecular flexibility index (Phi) is 48.6. The van der Waals surface area contributed by atoms with Crippen LogP contribution in [0, 0.1) is 0 Å². The molecular formula is C68H121NO13. The summed E-state index contributed by atoms with van der Waals surface area (Å²) in [5.74, 6) is -0.248. The van der Waals surface area contributed by atoms with Crippen molar-refractivity contribution in [1.29, 1.82) is 0 Å². The highest BCUT2D eigenvalue weighted by molar-refractivity contribution is 5.76. The molecule has 2 aliphatic rings. The van der Waals surface area contributed by atoms with Gasteiger partial charge >= 0.3 is 0 Å². The fourth-order valence-corrected chi connectivity index (χ4v) is 10.7. The monoisotopic (exact) mass is 1160 g/mol. The maximum absolute atomic E-state index is 13.3. The van der Waals surface area contributed by atoms with Gasteiger partial charge in [-0.25, -0.2) is 0 Å². The molecule has 2 heterocycles. The second-order valence-electron chi connectivity index (χ2n) is 23.2. The first-order valence-electron chi connectivity index (χ1n) is 33.2. The zero-order valence-corrected chi connectivity index (χ0v) is 51.5. The lowest BCUT2D eigenvalue weighted by molar-refractivity contribution is -0.359. The van der Waals surface area contributed by atoms with Crippen molar-refractivity contribution in [3.8, 4) is 0 Å². The maximum Gasteiger partial charge on any atom is 0.220 e. The van der Waals surface area contributed by atoms with Crippen molar-refractivity contribution in [2.45, 2.75) is 331 Å². The van der Waals surface area contributed by atoms with Gasteiger partial charge in [-0.2, -0.15) is 0 Å². The zero-order chi connectivity index (χ0) is 59.5. The molecule has 0 bridgehead atoms. The fourth-order valence-electron chi connectivity index (χ4n) is 10.7. The van der Waals surface area contributed by atoms with Gasteiger partial charge in [0.05, 0.1) is 32.0 Å². The first kappa shape index (κ1) is 75.5. The van der Waals surface area contributed by atoms with Crippen LogP contribution in [0.4, 0.5) is 0 Å². The molecule has 1 amide bonds. The van der Waals surface area contributed by atoms with E-state index in [1.165, 1.54) is 148 Å². The van der Waals surface area contributed by atoms with E-state index in [-0.39, 0.29) is 18.9 Å². The van der Waals surface area contributed by atoms with Gasteiger partial charge < -0.3 is 65.1 Å². The Labute approximate surface area is 498 Å². The SMILES string of the molecule is CC/C=C\C/C=C\C/C=C\C/C=C\C/C=C\C/C=C\CCCCC(=O)NC(COC1OC(CO)C(OC2OC(CO)C(O)C(O)C2O)C(O)C1O)C(O)CCCCCCCCCCCCCCCCCCCCCCCCCCCCC. The lowest BCUT2D eigenvalue weighted by atomic mass is 9.97. The van der Waals surface area contributed by atoms with E-state index in [9.17, 15) is 45.6 Å². The molecular weight excluding hydrogens is 1040 g/mol. The Morgan fingerprint density at radius 1 is 0.451 bits per heavy atom. The molecule has 12 atom stereocenters. The molecule has 0 aliphatic carbocycles. The third-order valence-electron chi connectivity index (χ3n) is 15.9. The largest absolute Gasteiger partial charge is 0.394 e. The van der Waals surface area contributed by atoms with Gasteiger partial charge in [0.1, 0.15) is 48.8 Å². The summed E-state index contributed by atoms with van der Waals surface area (Å²) in [5, 5.41) is 87.5. The number of rotatable bonds is 53. The molecule has 14 nitrogen and oxygen atoms in total. The number of allylic oxidation sites excluding steroid dienone is 12. The molecule has 476 valence electrons.